The number of fused-ring (bicyclic) bond motifs is 1. The van der Waals surface area contributed by atoms with Gasteiger partial charge in [-0.05, 0) is 61.0 Å². The van der Waals surface area contributed by atoms with Crippen LogP contribution >= 0.6 is 35.3 Å². The van der Waals surface area contributed by atoms with E-state index >= 15 is 0 Å². The highest BCUT2D eigenvalue weighted by atomic mass is 35.5. The summed E-state index contributed by atoms with van der Waals surface area (Å²) >= 11 is 7.59. The first-order valence-electron chi connectivity index (χ1n) is 12.3. The second-order valence-corrected chi connectivity index (χ2v) is 12.3. The van der Waals surface area contributed by atoms with Gasteiger partial charge in [0.1, 0.15) is 0 Å². The van der Waals surface area contributed by atoms with Gasteiger partial charge >= 0.3 is 0 Å². The number of hydrogen-bond donors (Lipinski definition) is 2. The lowest BCUT2D eigenvalue weighted by Crippen LogP contribution is -2.48. The van der Waals surface area contributed by atoms with Crippen molar-refractivity contribution in [3.05, 3.63) is 82.9 Å². The summed E-state index contributed by atoms with van der Waals surface area (Å²) in [5, 5.41) is 4.46. The number of nitrogens with zero attached hydrogens (tertiary/aromatic N) is 3. The van der Waals surface area contributed by atoms with Crippen LogP contribution in [0.1, 0.15) is 15.9 Å². The summed E-state index contributed by atoms with van der Waals surface area (Å²) in [6, 6.07) is 18.6. The predicted octanol–water partition coefficient (Wildman–Crippen LogP) is 5.03. The third-order valence-corrected chi connectivity index (χ3v) is 9.20. The van der Waals surface area contributed by atoms with Gasteiger partial charge in [-0.25, -0.2) is 13.4 Å². The number of rotatable bonds is 8. The molecule has 1 amide bonds. The van der Waals surface area contributed by atoms with E-state index < -0.39 is 10.0 Å². The van der Waals surface area contributed by atoms with E-state index in [2.05, 4.69) is 45.0 Å². The molecule has 1 aromatic heterocycles. The van der Waals surface area contributed by atoms with Crippen molar-refractivity contribution in [2.24, 2.45) is 0 Å². The monoisotopic (exact) mass is 605 g/mol. The molecule has 3 aromatic carbocycles. The van der Waals surface area contributed by atoms with Gasteiger partial charge in [0.05, 0.1) is 15.1 Å². The average molecular weight is 607 g/mol. The zero-order chi connectivity index (χ0) is 26.7. The fraction of sp³-hybridized carbons (Fsp3) is 0.259. The largest absolute Gasteiger partial charge is 0.351 e. The Balaban J connectivity index is 0.00000353. The van der Waals surface area contributed by atoms with Gasteiger partial charge < -0.3 is 10.2 Å². The molecule has 206 valence electrons. The molecule has 5 rings (SSSR count). The molecule has 0 saturated carbocycles. The number of halogens is 2. The molecule has 0 atom stereocenters. The molecule has 39 heavy (non-hydrogen) atoms. The molecule has 8 nitrogen and oxygen atoms in total. The highest BCUT2D eigenvalue weighted by molar-refractivity contribution is 7.92. The van der Waals surface area contributed by atoms with Crippen molar-refractivity contribution < 1.29 is 13.2 Å². The second kappa shape index (κ2) is 12.5. The van der Waals surface area contributed by atoms with Crippen LogP contribution in [0.3, 0.4) is 0 Å². The van der Waals surface area contributed by atoms with Gasteiger partial charge in [0.15, 0.2) is 5.13 Å². The van der Waals surface area contributed by atoms with Gasteiger partial charge in [0, 0.05) is 55.5 Å². The second-order valence-electron chi connectivity index (χ2n) is 9.14. The topological polar surface area (TPSA) is 94.6 Å². The molecule has 0 unspecified atom stereocenters. The number of thiazole rings is 1. The van der Waals surface area contributed by atoms with Crippen molar-refractivity contribution in [1.82, 2.24) is 15.2 Å². The number of benzene rings is 3. The van der Waals surface area contributed by atoms with Crippen LogP contribution < -0.4 is 14.9 Å². The summed E-state index contributed by atoms with van der Waals surface area (Å²) in [5.41, 5.74) is 2.98. The van der Waals surface area contributed by atoms with E-state index in [9.17, 15) is 13.2 Å². The number of para-hydroxylation sites is 1. The Morgan fingerprint density at radius 3 is 2.46 bits per heavy atom. The number of nitrogens with one attached hydrogen (secondary N) is 2. The SMILES string of the molecule is Cc1cccc2sc(N3CCN(CCNC(=O)c4cccc(NS(=O)(=O)c5ccc(Cl)cc5)c4)CC3)nc12.Cl. The lowest BCUT2D eigenvalue weighted by molar-refractivity contribution is 0.0948. The van der Waals surface area contributed by atoms with Crippen LogP contribution in [0.2, 0.25) is 5.02 Å². The van der Waals surface area contributed by atoms with E-state index in [1.165, 1.54) is 40.6 Å². The number of aryl methyl sites for hydroxylation is 1. The standard InChI is InChI=1S/C27H28ClN5O3S2.ClH/c1-19-4-2-7-24-25(19)30-27(37-24)33-16-14-32(15-17-33)13-12-29-26(34)20-5-3-6-22(18-20)31-38(35,36)23-10-8-21(28)9-11-23;/h2-11,18,31H,12-17H2,1H3,(H,29,34);1H. The maximum atomic E-state index is 12.7. The minimum atomic E-state index is -3.79. The van der Waals surface area contributed by atoms with Gasteiger partial charge in [0.25, 0.3) is 15.9 Å². The number of carbonyl (C=O) groups excluding carboxylic acids is 1. The molecule has 2 heterocycles. The Hall–Kier alpha value is -2.89. The molecule has 0 spiro atoms. The summed E-state index contributed by atoms with van der Waals surface area (Å²) < 4.78 is 29.0. The van der Waals surface area contributed by atoms with Crippen LogP contribution in [0.25, 0.3) is 10.2 Å². The smallest absolute Gasteiger partial charge is 0.261 e. The first-order valence-corrected chi connectivity index (χ1v) is 15.0. The Morgan fingerprint density at radius 1 is 1.03 bits per heavy atom. The van der Waals surface area contributed by atoms with Crippen molar-refractivity contribution in [2.75, 3.05) is 48.9 Å². The van der Waals surface area contributed by atoms with Crippen LogP contribution in [0.15, 0.2) is 71.6 Å². The summed E-state index contributed by atoms with van der Waals surface area (Å²) in [6.45, 7) is 6.90. The molecule has 0 radical (unpaired) electrons. The third-order valence-electron chi connectivity index (χ3n) is 6.47. The third kappa shape index (κ3) is 7.01. The quantitative estimate of drug-likeness (QED) is 0.292. The summed E-state index contributed by atoms with van der Waals surface area (Å²) in [7, 11) is -3.79. The molecular formula is C27H29Cl2N5O3S2. The zero-order valence-corrected chi connectivity index (χ0v) is 24.5. The van der Waals surface area contributed by atoms with Crippen molar-refractivity contribution in [1.29, 1.82) is 0 Å². The number of carbonyl (C=O) groups is 1. The van der Waals surface area contributed by atoms with Crippen LogP contribution in [0.4, 0.5) is 10.8 Å². The number of amides is 1. The lowest BCUT2D eigenvalue weighted by atomic mass is 10.2. The fourth-order valence-electron chi connectivity index (χ4n) is 4.35. The minimum absolute atomic E-state index is 0. The van der Waals surface area contributed by atoms with E-state index in [0.29, 0.717) is 22.8 Å². The summed E-state index contributed by atoms with van der Waals surface area (Å²) in [4.78, 5) is 22.3. The van der Waals surface area contributed by atoms with Crippen molar-refractivity contribution in [2.45, 2.75) is 11.8 Å². The number of piperazine rings is 1. The van der Waals surface area contributed by atoms with Gasteiger partial charge in [-0.15, -0.1) is 12.4 Å². The van der Waals surface area contributed by atoms with E-state index in [4.69, 9.17) is 16.6 Å². The maximum absolute atomic E-state index is 12.7. The Morgan fingerprint density at radius 2 is 1.74 bits per heavy atom. The normalized spacial score (nSPS) is 14.2. The summed E-state index contributed by atoms with van der Waals surface area (Å²) in [5.74, 6) is -0.249. The van der Waals surface area contributed by atoms with Crippen LogP contribution in [-0.4, -0.2) is 63.5 Å². The molecule has 1 aliphatic heterocycles. The van der Waals surface area contributed by atoms with E-state index in [-0.39, 0.29) is 23.2 Å². The maximum Gasteiger partial charge on any atom is 0.261 e. The average Bonchev–Trinajstić information content (AvgIpc) is 3.35. The highest BCUT2D eigenvalue weighted by Gasteiger charge is 2.20. The number of hydrogen-bond acceptors (Lipinski definition) is 7. The Bertz CT molecular complexity index is 1550. The number of aromatic nitrogens is 1. The molecule has 0 aliphatic carbocycles. The number of anilines is 2. The first kappa shape index (κ1) is 29.1. The van der Waals surface area contributed by atoms with E-state index in [1.54, 1.807) is 29.5 Å². The molecule has 0 bridgehead atoms. The zero-order valence-electron chi connectivity index (χ0n) is 21.3. The van der Waals surface area contributed by atoms with Crippen molar-refractivity contribution in [3.8, 4) is 0 Å². The Labute approximate surface area is 243 Å². The van der Waals surface area contributed by atoms with E-state index in [1.807, 2.05) is 0 Å². The molecule has 1 saturated heterocycles. The minimum Gasteiger partial charge on any atom is -0.351 e. The van der Waals surface area contributed by atoms with Gasteiger partial charge in [0.2, 0.25) is 0 Å². The van der Waals surface area contributed by atoms with Crippen molar-refractivity contribution >= 4 is 72.3 Å². The lowest BCUT2D eigenvalue weighted by Gasteiger charge is -2.34. The van der Waals surface area contributed by atoms with E-state index in [0.717, 1.165) is 43.4 Å². The van der Waals surface area contributed by atoms with Crippen molar-refractivity contribution in [3.63, 3.8) is 0 Å². The molecule has 12 heteroatoms. The molecule has 2 N–H and O–H groups in total. The fourth-order valence-corrected chi connectivity index (χ4v) is 6.62. The van der Waals surface area contributed by atoms with Gasteiger partial charge in [-0.2, -0.15) is 0 Å². The summed E-state index contributed by atoms with van der Waals surface area (Å²) in [6.07, 6.45) is 0. The molecule has 1 aliphatic rings. The highest BCUT2D eigenvalue weighted by Crippen LogP contribution is 2.31. The molecule has 4 aromatic rings. The Kier molecular flexibility index (Phi) is 9.35. The van der Waals surface area contributed by atoms with Gasteiger partial charge in [-0.3, -0.25) is 14.4 Å². The molecule has 1 fully saturated rings. The number of sulfonamides is 1. The van der Waals surface area contributed by atoms with Gasteiger partial charge in [-0.1, -0.05) is 41.1 Å². The molecular weight excluding hydrogens is 577 g/mol. The first-order chi connectivity index (χ1) is 18.3. The van der Waals surface area contributed by atoms with Crippen LogP contribution in [0, 0.1) is 6.92 Å². The van der Waals surface area contributed by atoms with Crippen LogP contribution in [-0.2, 0) is 10.0 Å². The van der Waals surface area contributed by atoms with Crippen LogP contribution in [0.5, 0.6) is 0 Å². The predicted molar refractivity (Wildman–Crippen MR) is 161 cm³/mol.